The lowest BCUT2D eigenvalue weighted by Gasteiger charge is -2.26. The molecule has 0 spiro atoms. The average molecular weight is 265 g/mol. The van der Waals surface area contributed by atoms with E-state index in [1.54, 1.807) is 0 Å². The Morgan fingerprint density at radius 2 is 2.05 bits per heavy atom. The first-order valence-corrected chi connectivity index (χ1v) is 6.75. The van der Waals surface area contributed by atoms with E-state index >= 15 is 0 Å². The molecule has 0 bridgehead atoms. The van der Waals surface area contributed by atoms with Crippen molar-refractivity contribution in [1.82, 2.24) is 0 Å². The summed E-state index contributed by atoms with van der Waals surface area (Å²) in [6.07, 6.45) is 1.06. The first-order chi connectivity index (χ1) is 9.15. The fourth-order valence-corrected chi connectivity index (χ4v) is 2.00. The number of carbonyl (C=O) groups is 1. The number of benzene rings is 1. The zero-order chi connectivity index (χ0) is 14.1. The van der Waals surface area contributed by atoms with Crippen LogP contribution in [0, 0.1) is 6.92 Å². The lowest BCUT2D eigenvalue weighted by molar-refractivity contribution is -0.136. The van der Waals surface area contributed by atoms with Crippen molar-refractivity contribution >= 4 is 11.7 Å². The van der Waals surface area contributed by atoms with Gasteiger partial charge in [-0.15, -0.1) is 0 Å². The van der Waals surface area contributed by atoms with Crippen LogP contribution in [0.3, 0.4) is 0 Å². The molecule has 1 rings (SSSR count). The molecule has 19 heavy (non-hydrogen) atoms. The van der Waals surface area contributed by atoms with Gasteiger partial charge in [0, 0.05) is 32.0 Å². The van der Waals surface area contributed by atoms with E-state index < -0.39 is 5.97 Å². The van der Waals surface area contributed by atoms with Gasteiger partial charge in [0.2, 0.25) is 0 Å². The topological polar surface area (TPSA) is 49.8 Å². The van der Waals surface area contributed by atoms with E-state index in [9.17, 15) is 4.79 Å². The minimum absolute atomic E-state index is 0.156. The minimum Gasteiger partial charge on any atom is -0.481 e. The van der Waals surface area contributed by atoms with Crippen LogP contribution in [0.25, 0.3) is 0 Å². The lowest BCUT2D eigenvalue weighted by atomic mass is 10.1. The maximum absolute atomic E-state index is 10.7. The van der Waals surface area contributed by atoms with Crippen molar-refractivity contribution < 1.29 is 14.6 Å². The van der Waals surface area contributed by atoms with Crippen LogP contribution in [0.1, 0.15) is 25.3 Å². The molecular formula is C15H23NO3. The first kappa shape index (κ1) is 15.5. The third kappa shape index (κ3) is 5.75. The molecule has 0 amide bonds. The highest BCUT2D eigenvalue weighted by molar-refractivity contribution is 5.68. The SMILES string of the molecule is CCOCCCN(CCC(=O)O)c1ccccc1C. The fourth-order valence-electron chi connectivity index (χ4n) is 2.00. The third-order valence-corrected chi connectivity index (χ3v) is 2.97. The largest absolute Gasteiger partial charge is 0.481 e. The summed E-state index contributed by atoms with van der Waals surface area (Å²) in [5.74, 6) is -0.761. The minimum atomic E-state index is -0.761. The molecule has 0 aliphatic rings. The van der Waals surface area contributed by atoms with E-state index in [0.717, 1.165) is 25.3 Å². The molecule has 4 nitrogen and oxygen atoms in total. The Balaban J connectivity index is 2.63. The van der Waals surface area contributed by atoms with Crippen LogP contribution in [0.15, 0.2) is 24.3 Å². The van der Waals surface area contributed by atoms with Crippen molar-refractivity contribution in [2.45, 2.75) is 26.7 Å². The number of hydrogen-bond donors (Lipinski definition) is 1. The molecule has 0 atom stereocenters. The standard InChI is InChI=1S/C15H23NO3/c1-3-19-12-6-10-16(11-9-15(17)18)14-8-5-4-7-13(14)2/h4-5,7-8H,3,6,9-12H2,1-2H3,(H,17,18). The molecule has 106 valence electrons. The van der Waals surface area contributed by atoms with Gasteiger partial charge in [0.15, 0.2) is 0 Å². The number of carboxylic acid groups (broad SMARTS) is 1. The van der Waals surface area contributed by atoms with E-state index in [1.807, 2.05) is 38.1 Å². The quantitative estimate of drug-likeness (QED) is 0.697. The molecule has 0 unspecified atom stereocenters. The third-order valence-electron chi connectivity index (χ3n) is 2.97. The summed E-state index contributed by atoms with van der Waals surface area (Å²) in [7, 11) is 0. The molecule has 1 aromatic rings. The van der Waals surface area contributed by atoms with Gasteiger partial charge >= 0.3 is 5.97 Å². The van der Waals surface area contributed by atoms with Crippen molar-refractivity contribution in [3.8, 4) is 0 Å². The second-order valence-electron chi connectivity index (χ2n) is 4.47. The van der Waals surface area contributed by atoms with E-state index in [2.05, 4.69) is 4.90 Å². The fraction of sp³-hybridized carbons (Fsp3) is 0.533. The molecule has 0 aliphatic carbocycles. The monoisotopic (exact) mass is 265 g/mol. The van der Waals surface area contributed by atoms with Crippen LogP contribution in [0.4, 0.5) is 5.69 Å². The molecule has 0 aromatic heterocycles. The summed E-state index contributed by atoms with van der Waals surface area (Å²) >= 11 is 0. The van der Waals surface area contributed by atoms with Crippen LogP contribution >= 0.6 is 0 Å². The molecule has 1 N–H and O–H groups in total. The van der Waals surface area contributed by atoms with Crippen LogP contribution in [0.2, 0.25) is 0 Å². The second-order valence-corrected chi connectivity index (χ2v) is 4.47. The number of rotatable bonds is 9. The van der Waals surface area contributed by atoms with Crippen molar-refractivity contribution in [2.24, 2.45) is 0 Å². The zero-order valence-electron chi connectivity index (χ0n) is 11.8. The van der Waals surface area contributed by atoms with Crippen molar-refractivity contribution in [2.75, 3.05) is 31.2 Å². The normalized spacial score (nSPS) is 10.4. The molecule has 4 heteroatoms. The zero-order valence-corrected chi connectivity index (χ0v) is 11.8. The number of carboxylic acids is 1. The Bertz CT molecular complexity index is 393. The highest BCUT2D eigenvalue weighted by Gasteiger charge is 2.10. The second kappa shape index (κ2) is 8.53. The molecule has 0 heterocycles. The molecule has 1 aromatic carbocycles. The van der Waals surface area contributed by atoms with Crippen molar-refractivity contribution in [3.05, 3.63) is 29.8 Å². The number of nitrogens with zero attached hydrogens (tertiary/aromatic N) is 1. The maximum atomic E-state index is 10.7. The maximum Gasteiger partial charge on any atom is 0.305 e. The Labute approximate surface area is 115 Å². The van der Waals surface area contributed by atoms with Gasteiger partial charge in [-0.3, -0.25) is 4.79 Å². The Morgan fingerprint density at radius 1 is 1.32 bits per heavy atom. The summed E-state index contributed by atoms with van der Waals surface area (Å²) in [5, 5.41) is 8.84. The van der Waals surface area contributed by atoms with E-state index in [1.165, 1.54) is 5.56 Å². The Hall–Kier alpha value is -1.55. The van der Waals surface area contributed by atoms with Crippen LogP contribution in [-0.2, 0) is 9.53 Å². The molecular weight excluding hydrogens is 242 g/mol. The molecule has 0 saturated carbocycles. The van der Waals surface area contributed by atoms with Crippen LogP contribution in [-0.4, -0.2) is 37.4 Å². The van der Waals surface area contributed by atoms with Crippen LogP contribution < -0.4 is 4.90 Å². The number of aliphatic carboxylic acids is 1. The van der Waals surface area contributed by atoms with Crippen molar-refractivity contribution in [1.29, 1.82) is 0 Å². The van der Waals surface area contributed by atoms with E-state index in [4.69, 9.17) is 9.84 Å². The summed E-state index contributed by atoms with van der Waals surface area (Å²) in [6.45, 7) is 6.81. The summed E-state index contributed by atoms with van der Waals surface area (Å²) in [6, 6.07) is 8.07. The van der Waals surface area contributed by atoms with Gasteiger partial charge in [-0.25, -0.2) is 0 Å². The Kier molecular flexibility index (Phi) is 6.97. The predicted molar refractivity (Wildman–Crippen MR) is 76.8 cm³/mol. The van der Waals surface area contributed by atoms with Gasteiger partial charge in [0.1, 0.15) is 0 Å². The highest BCUT2D eigenvalue weighted by Crippen LogP contribution is 2.19. The molecule has 0 aliphatic heterocycles. The average Bonchev–Trinajstić information content (AvgIpc) is 2.39. The van der Waals surface area contributed by atoms with Gasteiger partial charge in [0.25, 0.3) is 0 Å². The lowest BCUT2D eigenvalue weighted by Crippen LogP contribution is -2.28. The van der Waals surface area contributed by atoms with Gasteiger partial charge < -0.3 is 14.7 Å². The summed E-state index contributed by atoms with van der Waals surface area (Å²) in [5.41, 5.74) is 2.28. The molecule has 0 saturated heterocycles. The predicted octanol–water partition coefficient (Wildman–Crippen LogP) is 2.70. The van der Waals surface area contributed by atoms with Gasteiger partial charge in [-0.2, -0.15) is 0 Å². The number of para-hydroxylation sites is 1. The number of hydrogen-bond acceptors (Lipinski definition) is 3. The summed E-state index contributed by atoms with van der Waals surface area (Å²) in [4.78, 5) is 12.9. The number of ether oxygens (including phenoxy) is 1. The number of aryl methyl sites for hydroxylation is 1. The van der Waals surface area contributed by atoms with Gasteiger partial charge in [-0.1, -0.05) is 18.2 Å². The number of anilines is 1. The van der Waals surface area contributed by atoms with E-state index in [-0.39, 0.29) is 6.42 Å². The smallest absolute Gasteiger partial charge is 0.305 e. The van der Waals surface area contributed by atoms with Crippen molar-refractivity contribution in [3.63, 3.8) is 0 Å². The molecule has 0 radical (unpaired) electrons. The highest BCUT2D eigenvalue weighted by atomic mass is 16.5. The first-order valence-electron chi connectivity index (χ1n) is 6.75. The van der Waals surface area contributed by atoms with Crippen LogP contribution in [0.5, 0.6) is 0 Å². The Morgan fingerprint density at radius 3 is 2.68 bits per heavy atom. The van der Waals surface area contributed by atoms with Gasteiger partial charge in [0.05, 0.1) is 6.42 Å². The van der Waals surface area contributed by atoms with Gasteiger partial charge in [-0.05, 0) is 31.9 Å². The molecule has 0 fully saturated rings. The summed E-state index contributed by atoms with van der Waals surface area (Å²) < 4.78 is 5.33. The van der Waals surface area contributed by atoms with E-state index in [0.29, 0.717) is 13.2 Å².